The number of aromatic nitrogens is 4. The van der Waals surface area contributed by atoms with Crippen molar-refractivity contribution in [2.24, 2.45) is 0 Å². The van der Waals surface area contributed by atoms with Crippen LogP contribution < -0.4 is 5.32 Å². The summed E-state index contributed by atoms with van der Waals surface area (Å²) >= 11 is 5.94. The first-order chi connectivity index (χ1) is 9.78. The Morgan fingerprint density at radius 1 is 1.25 bits per heavy atom. The van der Waals surface area contributed by atoms with E-state index in [2.05, 4.69) is 38.5 Å². The van der Waals surface area contributed by atoms with Crippen LogP contribution >= 0.6 is 11.6 Å². The van der Waals surface area contributed by atoms with E-state index in [0.717, 1.165) is 23.9 Å². The van der Waals surface area contributed by atoms with E-state index >= 15 is 0 Å². The maximum Gasteiger partial charge on any atom is 0.226 e. The summed E-state index contributed by atoms with van der Waals surface area (Å²) in [5, 5.41) is 11.1. The molecule has 20 heavy (non-hydrogen) atoms. The zero-order valence-electron chi connectivity index (χ0n) is 11.0. The van der Waals surface area contributed by atoms with E-state index in [-0.39, 0.29) is 5.28 Å². The highest BCUT2D eigenvalue weighted by Crippen LogP contribution is 2.26. The molecule has 0 aliphatic rings. The highest BCUT2D eigenvalue weighted by Gasteiger charge is 2.10. The van der Waals surface area contributed by atoms with Gasteiger partial charge in [0.2, 0.25) is 5.28 Å². The second kappa shape index (κ2) is 5.46. The van der Waals surface area contributed by atoms with Gasteiger partial charge >= 0.3 is 0 Å². The van der Waals surface area contributed by atoms with Crippen molar-refractivity contribution in [3.05, 3.63) is 41.3 Å². The fourth-order valence-electron chi connectivity index (χ4n) is 2.16. The Morgan fingerprint density at radius 2 is 2.10 bits per heavy atom. The van der Waals surface area contributed by atoms with Crippen LogP contribution in [0, 0.1) is 0 Å². The molecule has 2 N–H and O–H groups in total. The second-order valence-electron chi connectivity index (χ2n) is 4.51. The van der Waals surface area contributed by atoms with Crippen molar-refractivity contribution in [3.63, 3.8) is 0 Å². The molecule has 0 atom stereocenters. The van der Waals surface area contributed by atoms with Crippen LogP contribution in [0.5, 0.6) is 0 Å². The van der Waals surface area contributed by atoms with Crippen molar-refractivity contribution in [3.8, 4) is 0 Å². The SMILES string of the molecule is CCCc1ccccc1Nc1nc(Cl)nc2[nH]ncc12. The predicted molar refractivity (Wildman–Crippen MR) is 80.4 cm³/mol. The lowest BCUT2D eigenvalue weighted by molar-refractivity contribution is 0.923. The fourth-order valence-corrected chi connectivity index (χ4v) is 2.33. The quantitative estimate of drug-likeness (QED) is 0.718. The lowest BCUT2D eigenvalue weighted by Gasteiger charge is -2.11. The lowest BCUT2D eigenvalue weighted by Crippen LogP contribution is -1.99. The summed E-state index contributed by atoms with van der Waals surface area (Å²) in [6.45, 7) is 2.16. The molecule has 5 nitrogen and oxygen atoms in total. The Bertz CT molecular complexity index is 737. The number of fused-ring (bicyclic) bond motifs is 1. The first-order valence-corrected chi connectivity index (χ1v) is 6.87. The van der Waals surface area contributed by atoms with Gasteiger partial charge in [-0.25, -0.2) is 0 Å². The third-order valence-corrected chi connectivity index (χ3v) is 3.24. The molecule has 0 bridgehead atoms. The van der Waals surface area contributed by atoms with E-state index in [9.17, 15) is 0 Å². The van der Waals surface area contributed by atoms with Crippen LogP contribution in [0.15, 0.2) is 30.5 Å². The molecule has 1 aromatic carbocycles. The van der Waals surface area contributed by atoms with Crippen LogP contribution in [0.25, 0.3) is 11.0 Å². The Hall–Kier alpha value is -2.14. The molecule has 0 aliphatic carbocycles. The molecule has 0 saturated carbocycles. The number of hydrogen-bond donors (Lipinski definition) is 2. The van der Waals surface area contributed by atoms with Gasteiger partial charge in [-0.2, -0.15) is 15.1 Å². The lowest BCUT2D eigenvalue weighted by atomic mass is 10.1. The van der Waals surface area contributed by atoms with Crippen molar-refractivity contribution in [2.45, 2.75) is 19.8 Å². The summed E-state index contributed by atoms with van der Waals surface area (Å²) < 4.78 is 0. The van der Waals surface area contributed by atoms with E-state index in [1.807, 2.05) is 18.2 Å². The number of aryl methyl sites for hydroxylation is 1. The number of benzene rings is 1. The number of para-hydroxylation sites is 1. The van der Waals surface area contributed by atoms with E-state index in [1.54, 1.807) is 6.20 Å². The number of nitrogens with one attached hydrogen (secondary N) is 2. The summed E-state index contributed by atoms with van der Waals surface area (Å²) in [6, 6.07) is 8.18. The number of nitrogens with zero attached hydrogens (tertiary/aromatic N) is 3. The number of H-pyrrole nitrogens is 1. The van der Waals surface area contributed by atoms with Gasteiger partial charge in [0.15, 0.2) is 5.65 Å². The first kappa shape index (κ1) is 12.9. The molecule has 2 heterocycles. The number of rotatable bonds is 4. The third kappa shape index (κ3) is 2.44. The summed E-state index contributed by atoms with van der Waals surface area (Å²) in [5.41, 5.74) is 2.91. The van der Waals surface area contributed by atoms with Crippen LogP contribution in [0.3, 0.4) is 0 Å². The molecule has 6 heteroatoms. The number of aromatic amines is 1. The Balaban J connectivity index is 2.03. The van der Waals surface area contributed by atoms with Crippen LogP contribution in [-0.2, 0) is 6.42 Å². The van der Waals surface area contributed by atoms with Crippen LogP contribution in [0.4, 0.5) is 11.5 Å². The van der Waals surface area contributed by atoms with Crippen molar-refractivity contribution < 1.29 is 0 Å². The smallest absolute Gasteiger partial charge is 0.226 e. The second-order valence-corrected chi connectivity index (χ2v) is 4.84. The standard InChI is InChI=1S/C14H14ClN5/c1-2-5-9-6-3-4-7-11(9)17-12-10-8-16-20-13(10)19-14(15)18-12/h3-4,6-8H,2,5H2,1H3,(H2,16,17,18,19,20). The van der Waals surface area contributed by atoms with Gasteiger partial charge < -0.3 is 5.32 Å². The topological polar surface area (TPSA) is 66.5 Å². The molecule has 3 rings (SSSR count). The molecule has 3 aromatic rings. The number of halogens is 1. The van der Waals surface area contributed by atoms with E-state index in [0.29, 0.717) is 11.5 Å². The molecular formula is C14H14ClN5. The molecule has 0 fully saturated rings. The van der Waals surface area contributed by atoms with Crippen molar-refractivity contribution in [2.75, 3.05) is 5.32 Å². The zero-order valence-corrected chi connectivity index (χ0v) is 11.8. The van der Waals surface area contributed by atoms with Crippen molar-refractivity contribution in [1.29, 1.82) is 0 Å². The molecule has 0 spiro atoms. The third-order valence-electron chi connectivity index (χ3n) is 3.07. The van der Waals surface area contributed by atoms with Crippen molar-refractivity contribution in [1.82, 2.24) is 20.2 Å². The molecule has 0 saturated heterocycles. The maximum atomic E-state index is 5.94. The zero-order chi connectivity index (χ0) is 13.9. The fraction of sp³-hybridized carbons (Fsp3) is 0.214. The molecule has 0 aliphatic heterocycles. The average Bonchev–Trinajstić information content (AvgIpc) is 2.89. The molecule has 0 amide bonds. The number of anilines is 2. The Kier molecular flexibility index (Phi) is 3.52. The molecular weight excluding hydrogens is 274 g/mol. The monoisotopic (exact) mass is 287 g/mol. The molecule has 102 valence electrons. The minimum absolute atomic E-state index is 0.192. The van der Waals surface area contributed by atoms with Gasteiger partial charge in [-0.1, -0.05) is 31.5 Å². The van der Waals surface area contributed by atoms with Gasteiger partial charge in [0, 0.05) is 5.69 Å². The average molecular weight is 288 g/mol. The molecule has 0 radical (unpaired) electrons. The maximum absolute atomic E-state index is 5.94. The van der Waals surface area contributed by atoms with Crippen LogP contribution in [-0.4, -0.2) is 20.2 Å². The molecule has 0 unspecified atom stereocenters. The van der Waals surface area contributed by atoms with Crippen LogP contribution in [0.2, 0.25) is 5.28 Å². The normalized spacial score (nSPS) is 10.9. The highest BCUT2D eigenvalue weighted by atomic mass is 35.5. The summed E-state index contributed by atoms with van der Waals surface area (Å²) in [4.78, 5) is 8.35. The first-order valence-electron chi connectivity index (χ1n) is 6.49. The highest BCUT2D eigenvalue weighted by molar-refractivity contribution is 6.28. The van der Waals surface area contributed by atoms with E-state index in [4.69, 9.17) is 11.6 Å². The van der Waals surface area contributed by atoms with Crippen LogP contribution in [0.1, 0.15) is 18.9 Å². The van der Waals surface area contributed by atoms with E-state index < -0.39 is 0 Å². The summed E-state index contributed by atoms with van der Waals surface area (Å²) in [5.74, 6) is 0.664. The summed E-state index contributed by atoms with van der Waals surface area (Å²) in [6.07, 6.45) is 3.79. The molecule has 2 aromatic heterocycles. The summed E-state index contributed by atoms with van der Waals surface area (Å²) in [7, 11) is 0. The van der Waals surface area contributed by atoms with Crippen molar-refractivity contribution >= 4 is 34.1 Å². The van der Waals surface area contributed by atoms with Gasteiger partial charge in [-0.3, -0.25) is 5.10 Å². The largest absolute Gasteiger partial charge is 0.339 e. The van der Waals surface area contributed by atoms with Gasteiger partial charge in [0.1, 0.15) is 5.82 Å². The predicted octanol–water partition coefficient (Wildman–Crippen LogP) is 3.70. The Morgan fingerprint density at radius 3 is 2.95 bits per heavy atom. The van der Waals surface area contributed by atoms with E-state index in [1.165, 1.54) is 5.56 Å². The minimum Gasteiger partial charge on any atom is -0.339 e. The minimum atomic E-state index is 0.192. The number of hydrogen-bond acceptors (Lipinski definition) is 4. The van der Waals surface area contributed by atoms with Gasteiger partial charge in [0.25, 0.3) is 0 Å². The van der Waals surface area contributed by atoms with Gasteiger partial charge in [0.05, 0.1) is 11.6 Å². The van der Waals surface area contributed by atoms with Gasteiger partial charge in [-0.05, 0) is 29.7 Å². The Labute approximate surface area is 121 Å². The van der Waals surface area contributed by atoms with Gasteiger partial charge in [-0.15, -0.1) is 0 Å².